The number of ether oxygens (including phenoxy) is 1. The van der Waals surface area contributed by atoms with Gasteiger partial charge in [0.15, 0.2) is 11.1 Å². The minimum atomic E-state index is -3.70. The van der Waals surface area contributed by atoms with Crippen LogP contribution in [0.4, 0.5) is 5.69 Å². The average Bonchev–Trinajstić information content (AvgIpc) is 2.74. The lowest BCUT2D eigenvalue weighted by Gasteiger charge is -2.34. The smallest absolute Gasteiger partial charge is 0.214 e. The van der Waals surface area contributed by atoms with E-state index < -0.39 is 9.84 Å². The number of aromatic nitrogens is 1. The van der Waals surface area contributed by atoms with Crippen molar-refractivity contribution in [2.45, 2.75) is 43.4 Å². The molecule has 0 radical (unpaired) electrons. The van der Waals surface area contributed by atoms with E-state index in [1.807, 2.05) is 38.1 Å². The first kappa shape index (κ1) is 20.7. The Hall–Kier alpha value is -2.60. The summed E-state index contributed by atoms with van der Waals surface area (Å²) in [6.45, 7) is 7.84. The van der Waals surface area contributed by atoms with Crippen LogP contribution in [0.5, 0.6) is 5.75 Å². The standard InChI is InChI=1S/C24H28N2O3S/c1-16-6-5-11-26(15-16)24-21-13-19(29-4)8-10-22(21)25-14-23(24)30(27,28)20-9-7-17(2)18(3)12-20/h7-10,12-14,16H,5-6,11,15H2,1-4H3/p+1/t16-/m1/s1. The molecule has 1 aliphatic heterocycles. The highest BCUT2D eigenvalue weighted by molar-refractivity contribution is 7.91. The van der Waals surface area contributed by atoms with E-state index in [0.29, 0.717) is 21.5 Å². The molecule has 30 heavy (non-hydrogen) atoms. The number of pyridine rings is 1. The molecule has 3 aromatic rings. The molecule has 1 aromatic heterocycles. The van der Waals surface area contributed by atoms with Crippen molar-refractivity contribution < 1.29 is 18.1 Å². The van der Waals surface area contributed by atoms with Gasteiger partial charge in [0, 0.05) is 19.2 Å². The van der Waals surface area contributed by atoms with Crippen LogP contribution in [0.2, 0.25) is 0 Å². The van der Waals surface area contributed by atoms with E-state index in [1.165, 1.54) is 0 Å². The van der Waals surface area contributed by atoms with E-state index in [1.54, 1.807) is 25.4 Å². The molecule has 2 aromatic carbocycles. The molecule has 1 N–H and O–H groups in total. The van der Waals surface area contributed by atoms with Gasteiger partial charge in [-0.25, -0.2) is 13.4 Å². The lowest BCUT2D eigenvalue weighted by Crippen LogP contribution is -2.35. The van der Waals surface area contributed by atoms with E-state index in [9.17, 15) is 8.42 Å². The van der Waals surface area contributed by atoms with Gasteiger partial charge in [0.1, 0.15) is 5.75 Å². The van der Waals surface area contributed by atoms with E-state index in [4.69, 9.17) is 4.74 Å². The van der Waals surface area contributed by atoms with Crippen LogP contribution in [0.1, 0.15) is 30.9 Å². The summed E-state index contributed by atoms with van der Waals surface area (Å²) in [5, 5.41) is 0.869. The quantitative estimate of drug-likeness (QED) is 0.624. The van der Waals surface area contributed by atoms with Gasteiger partial charge in [-0.2, -0.15) is 0 Å². The Morgan fingerprint density at radius 1 is 1.10 bits per heavy atom. The topological polar surface area (TPSA) is 60.8 Å². The Kier molecular flexibility index (Phi) is 5.45. The molecule has 5 nitrogen and oxygen atoms in total. The molecule has 1 atom stereocenters. The number of aromatic amines is 1. The molecular weight excluding hydrogens is 396 g/mol. The Bertz CT molecular complexity index is 1200. The summed E-state index contributed by atoms with van der Waals surface area (Å²) < 4.78 is 33.0. The SMILES string of the molecule is COc1ccc2[nH+]cc(S(=O)(=O)c3ccc(C)c(C)c3)c(N3CCC[C@@H](C)C3)c2c1. The first-order valence-electron chi connectivity index (χ1n) is 10.4. The molecule has 0 spiro atoms. The third-order valence-corrected chi connectivity index (χ3v) is 7.89. The zero-order chi connectivity index (χ0) is 21.5. The van der Waals surface area contributed by atoms with E-state index in [0.717, 1.165) is 53.6 Å². The molecule has 1 fully saturated rings. The van der Waals surface area contributed by atoms with Gasteiger partial charge in [0.2, 0.25) is 15.4 Å². The fraction of sp³-hybridized carbons (Fsp3) is 0.375. The summed E-state index contributed by atoms with van der Waals surface area (Å²) in [6.07, 6.45) is 3.86. The van der Waals surface area contributed by atoms with Crippen molar-refractivity contribution in [2.75, 3.05) is 25.1 Å². The highest BCUT2D eigenvalue weighted by Gasteiger charge is 2.31. The van der Waals surface area contributed by atoms with E-state index in [2.05, 4.69) is 16.8 Å². The minimum absolute atomic E-state index is 0.320. The largest absolute Gasteiger partial charge is 0.497 e. The van der Waals surface area contributed by atoms with Crippen LogP contribution >= 0.6 is 0 Å². The highest BCUT2D eigenvalue weighted by atomic mass is 32.2. The number of hydrogen-bond donors (Lipinski definition) is 0. The van der Waals surface area contributed by atoms with Crippen LogP contribution in [0, 0.1) is 19.8 Å². The normalized spacial score (nSPS) is 17.3. The van der Waals surface area contributed by atoms with Crippen LogP contribution < -0.4 is 14.6 Å². The zero-order valence-electron chi connectivity index (χ0n) is 18.0. The van der Waals surface area contributed by atoms with Gasteiger partial charge in [-0.1, -0.05) is 13.0 Å². The van der Waals surface area contributed by atoms with E-state index >= 15 is 0 Å². The van der Waals surface area contributed by atoms with Crippen molar-refractivity contribution in [1.29, 1.82) is 0 Å². The minimum Gasteiger partial charge on any atom is -0.497 e. The first-order chi connectivity index (χ1) is 14.3. The van der Waals surface area contributed by atoms with Gasteiger partial charge in [-0.05, 0) is 68.0 Å². The number of fused-ring (bicyclic) bond motifs is 1. The van der Waals surface area contributed by atoms with Gasteiger partial charge in [0.25, 0.3) is 0 Å². The van der Waals surface area contributed by atoms with Crippen molar-refractivity contribution in [2.24, 2.45) is 5.92 Å². The van der Waals surface area contributed by atoms with Gasteiger partial charge in [-0.15, -0.1) is 0 Å². The number of sulfone groups is 1. The second kappa shape index (κ2) is 7.91. The van der Waals surface area contributed by atoms with Crippen LogP contribution in [-0.4, -0.2) is 28.6 Å². The van der Waals surface area contributed by atoms with Crippen molar-refractivity contribution in [1.82, 2.24) is 0 Å². The number of aryl methyl sites for hydroxylation is 2. The number of anilines is 1. The third-order valence-electron chi connectivity index (χ3n) is 6.13. The summed E-state index contributed by atoms with van der Waals surface area (Å²) in [7, 11) is -2.07. The molecule has 6 heteroatoms. The number of nitrogens with zero attached hydrogens (tertiary/aromatic N) is 1. The number of methoxy groups -OCH3 is 1. The molecule has 4 rings (SSSR count). The van der Waals surface area contributed by atoms with Gasteiger partial charge >= 0.3 is 0 Å². The Morgan fingerprint density at radius 3 is 2.60 bits per heavy atom. The predicted octanol–water partition coefficient (Wildman–Crippen LogP) is 4.35. The summed E-state index contributed by atoms with van der Waals surface area (Å²) in [5.74, 6) is 1.23. The molecule has 1 aliphatic rings. The lowest BCUT2D eigenvalue weighted by molar-refractivity contribution is -0.347. The monoisotopic (exact) mass is 425 g/mol. The fourth-order valence-electron chi connectivity index (χ4n) is 4.25. The zero-order valence-corrected chi connectivity index (χ0v) is 18.8. The van der Waals surface area contributed by atoms with Crippen molar-refractivity contribution in [3.63, 3.8) is 0 Å². The van der Waals surface area contributed by atoms with Crippen LogP contribution in [0.3, 0.4) is 0 Å². The molecule has 0 aliphatic carbocycles. The summed E-state index contributed by atoms with van der Waals surface area (Å²) >= 11 is 0. The van der Waals surface area contributed by atoms with Gasteiger partial charge in [-0.3, -0.25) is 0 Å². The first-order valence-corrected chi connectivity index (χ1v) is 11.9. The van der Waals surface area contributed by atoms with Gasteiger partial charge < -0.3 is 9.64 Å². The number of benzene rings is 2. The second-order valence-electron chi connectivity index (χ2n) is 8.36. The van der Waals surface area contributed by atoms with Crippen molar-refractivity contribution >= 4 is 26.4 Å². The second-order valence-corrected chi connectivity index (χ2v) is 10.3. The average molecular weight is 426 g/mol. The maximum absolute atomic E-state index is 13.8. The summed E-state index contributed by atoms with van der Waals surface area (Å²) in [4.78, 5) is 6.08. The molecule has 0 saturated carbocycles. The van der Waals surface area contributed by atoms with Crippen LogP contribution in [-0.2, 0) is 9.84 Å². The number of hydrogen-bond acceptors (Lipinski definition) is 4. The van der Waals surface area contributed by atoms with Crippen molar-refractivity contribution in [3.05, 3.63) is 53.7 Å². The number of rotatable bonds is 4. The lowest BCUT2D eigenvalue weighted by atomic mass is 9.99. The maximum atomic E-state index is 13.8. The number of piperidine rings is 1. The summed E-state index contributed by atoms with van der Waals surface area (Å²) in [6, 6.07) is 11.1. The molecule has 0 bridgehead atoms. The molecule has 0 unspecified atom stereocenters. The summed E-state index contributed by atoms with van der Waals surface area (Å²) in [5.41, 5.74) is 3.71. The third kappa shape index (κ3) is 3.65. The molecule has 1 saturated heterocycles. The fourth-order valence-corrected chi connectivity index (χ4v) is 5.79. The van der Waals surface area contributed by atoms with E-state index in [-0.39, 0.29) is 0 Å². The maximum Gasteiger partial charge on any atom is 0.214 e. The van der Waals surface area contributed by atoms with Gasteiger partial charge in [0.05, 0.1) is 23.1 Å². The Morgan fingerprint density at radius 2 is 1.90 bits per heavy atom. The number of H-pyrrole nitrogens is 1. The molecule has 0 amide bonds. The van der Waals surface area contributed by atoms with Crippen LogP contribution in [0.15, 0.2) is 52.4 Å². The Labute approximate surface area is 178 Å². The Balaban J connectivity index is 1.98. The predicted molar refractivity (Wildman–Crippen MR) is 119 cm³/mol. The highest BCUT2D eigenvalue weighted by Crippen LogP contribution is 2.38. The molecular formula is C24H29N2O3S+. The van der Waals surface area contributed by atoms with Crippen LogP contribution in [0.25, 0.3) is 10.9 Å². The molecule has 158 valence electrons. The van der Waals surface area contributed by atoms with Crippen molar-refractivity contribution in [3.8, 4) is 5.75 Å². The molecule has 2 heterocycles. The number of nitrogens with one attached hydrogen (secondary N) is 1.